The molecule has 9 nitrogen and oxygen atoms in total. The molecule has 140 valence electrons. The number of aryl methyl sites for hydroxylation is 1. The molecule has 1 aliphatic rings. The number of aromatic nitrogens is 2. The maximum atomic E-state index is 12.8. The molecular weight excluding hydrogens is 324 g/mol. The van der Waals surface area contributed by atoms with E-state index >= 15 is 0 Å². The summed E-state index contributed by atoms with van der Waals surface area (Å²) in [6.45, 7) is 3.98. The topological polar surface area (TPSA) is 91.7 Å². The summed E-state index contributed by atoms with van der Waals surface area (Å²) < 4.78 is 6.60. The lowest BCUT2D eigenvalue weighted by Gasteiger charge is -2.35. The Kier molecular flexibility index (Phi) is 7.35. The number of piperazine rings is 1. The fraction of sp³-hybridized carbons (Fsp3) is 0.688. The van der Waals surface area contributed by atoms with Crippen molar-refractivity contribution in [2.75, 3.05) is 60.0 Å². The average molecular weight is 352 g/mol. The number of hydrogen-bond donors (Lipinski definition) is 2. The third-order valence-corrected chi connectivity index (χ3v) is 4.27. The van der Waals surface area contributed by atoms with Crippen LogP contribution < -0.4 is 10.6 Å². The second kappa shape index (κ2) is 9.50. The van der Waals surface area contributed by atoms with Gasteiger partial charge in [-0.2, -0.15) is 5.10 Å². The monoisotopic (exact) mass is 352 g/mol. The van der Waals surface area contributed by atoms with Crippen LogP contribution in [0.15, 0.2) is 12.4 Å². The highest BCUT2D eigenvalue weighted by molar-refractivity contribution is 5.83. The smallest absolute Gasteiger partial charge is 0.244 e. The minimum atomic E-state index is -0.391. The van der Waals surface area contributed by atoms with Gasteiger partial charge in [-0.15, -0.1) is 0 Å². The van der Waals surface area contributed by atoms with E-state index < -0.39 is 6.04 Å². The van der Waals surface area contributed by atoms with E-state index in [0.717, 1.165) is 5.56 Å². The van der Waals surface area contributed by atoms with Gasteiger partial charge >= 0.3 is 0 Å². The molecule has 0 bridgehead atoms. The molecule has 1 unspecified atom stereocenters. The van der Waals surface area contributed by atoms with Gasteiger partial charge in [-0.25, -0.2) is 0 Å². The van der Waals surface area contributed by atoms with Crippen molar-refractivity contribution in [3.63, 3.8) is 0 Å². The van der Waals surface area contributed by atoms with Crippen molar-refractivity contribution in [1.82, 2.24) is 30.2 Å². The molecule has 0 saturated carbocycles. The number of ether oxygens (including phenoxy) is 1. The maximum Gasteiger partial charge on any atom is 0.244 e. The zero-order valence-electron chi connectivity index (χ0n) is 15.2. The van der Waals surface area contributed by atoms with Crippen LogP contribution in [-0.2, 0) is 21.4 Å². The van der Waals surface area contributed by atoms with Crippen LogP contribution in [0.25, 0.3) is 0 Å². The molecule has 2 heterocycles. The van der Waals surface area contributed by atoms with Crippen molar-refractivity contribution < 1.29 is 14.3 Å². The highest BCUT2D eigenvalue weighted by Gasteiger charge is 2.28. The quantitative estimate of drug-likeness (QED) is 0.559. The van der Waals surface area contributed by atoms with Gasteiger partial charge in [-0.05, 0) is 7.05 Å². The Balaban J connectivity index is 1.80. The third kappa shape index (κ3) is 5.52. The van der Waals surface area contributed by atoms with Crippen LogP contribution in [0, 0.1) is 0 Å². The zero-order valence-corrected chi connectivity index (χ0v) is 15.2. The van der Waals surface area contributed by atoms with Gasteiger partial charge in [0.25, 0.3) is 0 Å². The van der Waals surface area contributed by atoms with E-state index in [9.17, 15) is 9.59 Å². The van der Waals surface area contributed by atoms with Crippen LogP contribution in [-0.4, -0.2) is 91.4 Å². The summed E-state index contributed by atoms with van der Waals surface area (Å²) in [5.74, 6) is 0.0278. The molecule has 0 aromatic carbocycles. The highest BCUT2D eigenvalue weighted by Crippen LogP contribution is 2.16. The van der Waals surface area contributed by atoms with Gasteiger partial charge in [0.2, 0.25) is 11.8 Å². The van der Waals surface area contributed by atoms with Crippen LogP contribution in [0.3, 0.4) is 0 Å². The van der Waals surface area contributed by atoms with Crippen LogP contribution >= 0.6 is 0 Å². The third-order valence-electron chi connectivity index (χ3n) is 4.27. The zero-order chi connectivity index (χ0) is 18.2. The van der Waals surface area contributed by atoms with E-state index in [4.69, 9.17) is 4.74 Å². The van der Waals surface area contributed by atoms with E-state index in [1.54, 1.807) is 25.0 Å². The maximum absolute atomic E-state index is 12.8. The predicted molar refractivity (Wildman–Crippen MR) is 92.9 cm³/mol. The standard InChI is InChI=1S/C16H28N6O3/c1-17-15(13-10-19-20(2)11-13)16(24)22-7-5-21(6-8-22)12-14(23)18-4-9-25-3/h10-11,15,17H,4-9,12H2,1-3H3,(H,18,23). The molecule has 1 saturated heterocycles. The molecule has 1 aliphatic heterocycles. The van der Waals surface area contributed by atoms with Gasteiger partial charge in [0.1, 0.15) is 6.04 Å². The average Bonchev–Trinajstić information content (AvgIpc) is 3.02. The first-order chi connectivity index (χ1) is 12.0. The number of methoxy groups -OCH3 is 1. The summed E-state index contributed by atoms with van der Waals surface area (Å²) in [6.07, 6.45) is 3.55. The van der Waals surface area contributed by atoms with Gasteiger partial charge in [0.05, 0.1) is 19.3 Å². The predicted octanol–water partition coefficient (Wildman–Crippen LogP) is -1.41. The van der Waals surface area contributed by atoms with Crippen molar-refractivity contribution in [2.24, 2.45) is 7.05 Å². The first-order valence-electron chi connectivity index (χ1n) is 8.47. The largest absolute Gasteiger partial charge is 0.383 e. The molecule has 1 atom stereocenters. The molecule has 25 heavy (non-hydrogen) atoms. The number of hydrogen-bond acceptors (Lipinski definition) is 6. The molecule has 0 spiro atoms. The molecule has 1 aromatic rings. The van der Waals surface area contributed by atoms with E-state index in [1.165, 1.54) is 0 Å². The van der Waals surface area contributed by atoms with E-state index in [0.29, 0.717) is 45.9 Å². The lowest BCUT2D eigenvalue weighted by atomic mass is 10.1. The van der Waals surface area contributed by atoms with Crippen molar-refractivity contribution in [3.05, 3.63) is 18.0 Å². The summed E-state index contributed by atoms with van der Waals surface area (Å²) in [7, 11) is 5.21. The number of amides is 2. The summed E-state index contributed by atoms with van der Waals surface area (Å²) in [5, 5.41) is 10.0. The fourth-order valence-electron chi connectivity index (χ4n) is 2.88. The Morgan fingerprint density at radius 3 is 2.60 bits per heavy atom. The number of nitrogens with zero attached hydrogens (tertiary/aromatic N) is 4. The summed E-state index contributed by atoms with van der Waals surface area (Å²) in [4.78, 5) is 28.5. The van der Waals surface area contributed by atoms with Crippen molar-refractivity contribution in [3.8, 4) is 0 Å². The first kappa shape index (κ1) is 19.4. The highest BCUT2D eigenvalue weighted by atomic mass is 16.5. The second-order valence-electron chi connectivity index (χ2n) is 6.11. The lowest BCUT2D eigenvalue weighted by molar-refractivity contribution is -0.135. The molecule has 0 aliphatic carbocycles. The number of rotatable bonds is 8. The van der Waals surface area contributed by atoms with Gasteiger partial charge in [-0.3, -0.25) is 19.2 Å². The van der Waals surface area contributed by atoms with E-state index in [1.807, 2.05) is 18.1 Å². The Morgan fingerprint density at radius 2 is 2.04 bits per heavy atom. The summed E-state index contributed by atoms with van der Waals surface area (Å²) in [6, 6.07) is -0.391. The molecule has 0 radical (unpaired) electrons. The van der Waals surface area contributed by atoms with Crippen LogP contribution in [0.1, 0.15) is 11.6 Å². The fourth-order valence-corrected chi connectivity index (χ4v) is 2.88. The van der Waals surface area contributed by atoms with Gasteiger partial charge in [-0.1, -0.05) is 0 Å². The lowest BCUT2D eigenvalue weighted by Crippen LogP contribution is -2.53. The Morgan fingerprint density at radius 1 is 1.32 bits per heavy atom. The van der Waals surface area contributed by atoms with Crippen molar-refractivity contribution in [2.45, 2.75) is 6.04 Å². The molecule has 2 N–H and O–H groups in total. The number of carbonyl (C=O) groups excluding carboxylic acids is 2. The second-order valence-corrected chi connectivity index (χ2v) is 6.11. The normalized spacial score (nSPS) is 16.7. The van der Waals surface area contributed by atoms with Crippen LogP contribution in [0.4, 0.5) is 0 Å². The van der Waals surface area contributed by atoms with Gasteiger partial charge in [0, 0.05) is 58.6 Å². The Labute approximate surface area is 148 Å². The molecular formula is C16H28N6O3. The molecule has 9 heteroatoms. The van der Waals surface area contributed by atoms with E-state index in [-0.39, 0.29) is 11.8 Å². The molecule has 2 amide bonds. The molecule has 1 fully saturated rings. The van der Waals surface area contributed by atoms with Crippen LogP contribution in [0.5, 0.6) is 0 Å². The van der Waals surface area contributed by atoms with E-state index in [2.05, 4.69) is 20.6 Å². The molecule has 2 rings (SSSR count). The summed E-state index contributed by atoms with van der Waals surface area (Å²) in [5.41, 5.74) is 0.856. The minimum Gasteiger partial charge on any atom is -0.383 e. The first-order valence-corrected chi connectivity index (χ1v) is 8.47. The van der Waals surface area contributed by atoms with Crippen molar-refractivity contribution >= 4 is 11.8 Å². The van der Waals surface area contributed by atoms with Gasteiger partial charge in [0.15, 0.2) is 0 Å². The number of nitrogens with one attached hydrogen (secondary N) is 2. The Bertz CT molecular complexity index is 568. The summed E-state index contributed by atoms with van der Waals surface area (Å²) >= 11 is 0. The SMILES string of the molecule is CNC(C(=O)N1CCN(CC(=O)NCCOC)CC1)c1cnn(C)c1. The Hall–Kier alpha value is -1.97. The number of likely N-dealkylation sites (N-methyl/N-ethyl adjacent to an activating group) is 1. The molecule has 1 aromatic heterocycles. The minimum absolute atomic E-state index is 0.0136. The van der Waals surface area contributed by atoms with Gasteiger partial charge < -0.3 is 20.3 Å². The number of carbonyl (C=O) groups is 2. The van der Waals surface area contributed by atoms with Crippen molar-refractivity contribution in [1.29, 1.82) is 0 Å². The van der Waals surface area contributed by atoms with Crippen LogP contribution in [0.2, 0.25) is 0 Å².